The predicted octanol–water partition coefficient (Wildman–Crippen LogP) is 0.722. The second-order valence-electron chi connectivity index (χ2n) is 9.24. The number of aromatic hydroxyl groups is 2. The zero-order valence-electron chi connectivity index (χ0n) is 19.2. The fraction of sp³-hybridized carbons (Fsp3) is 0.440. The quantitative estimate of drug-likeness (QED) is 0.333. The number of aliphatic hydroxyl groups excluding tert-OH is 2. The highest BCUT2D eigenvalue weighted by Gasteiger charge is 2.44. The lowest BCUT2D eigenvalue weighted by Gasteiger charge is -2.40. The van der Waals surface area contributed by atoms with Gasteiger partial charge >= 0.3 is 0 Å². The molecule has 2 aliphatic carbocycles. The van der Waals surface area contributed by atoms with Gasteiger partial charge in [-0.25, -0.2) is 0 Å². The number of carbonyl (C=O) groups is 2. The molecule has 10 nitrogen and oxygen atoms in total. The third-order valence-electron chi connectivity index (χ3n) is 7.18. The van der Waals surface area contributed by atoms with E-state index in [2.05, 4.69) is 0 Å². The van der Waals surface area contributed by atoms with E-state index in [0.29, 0.717) is 0 Å². The normalized spacial score (nSPS) is 29.9. The summed E-state index contributed by atoms with van der Waals surface area (Å²) in [5.74, 6) is -2.13. The van der Waals surface area contributed by atoms with E-state index in [0.717, 1.165) is 0 Å². The van der Waals surface area contributed by atoms with Gasteiger partial charge in [0, 0.05) is 29.5 Å². The molecule has 0 radical (unpaired) electrons. The molecule has 0 aromatic heterocycles. The maximum atomic E-state index is 13.5. The highest BCUT2D eigenvalue weighted by atomic mass is 16.6. The monoisotopic (exact) mass is 485 g/mol. The number of hydrogen-bond acceptors (Lipinski definition) is 10. The van der Waals surface area contributed by atoms with Crippen molar-refractivity contribution in [2.24, 2.45) is 5.73 Å². The van der Waals surface area contributed by atoms with Crippen LogP contribution in [0, 0.1) is 0 Å². The van der Waals surface area contributed by atoms with Gasteiger partial charge in [-0.3, -0.25) is 9.59 Å². The molecule has 10 heteroatoms. The zero-order chi connectivity index (χ0) is 25.2. The SMILES string of the molecule is COc1cccc2c1C(=O)c1c(O)c3c(c(O)c1C2=O)C[C@H](O)C[C@@H]3O[C@@H]1CO[C@@H](C)[C@@H](O)[C@H]1N. The number of benzene rings is 2. The molecule has 0 amide bonds. The minimum atomic E-state index is -0.990. The maximum absolute atomic E-state index is 13.5. The number of ketones is 2. The number of nitrogens with two attached hydrogens (primary N) is 1. The lowest BCUT2D eigenvalue weighted by Crippen LogP contribution is -2.57. The molecule has 2 aromatic rings. The third kappa shape index (κ3) is 3.52. The van der Waals surface area contributed by atoms with E-state index in [4.69, 9.17) is 19.9 Å². The summed E-state index contributed by atoms with van der Waals surface area (Å²) in [6.45, 7) is 1.76. The smallest absolute Gasteiger partial charge is 0.202 e. The van der Waals surface area contributed by atoms with Gasteiger partial charge in [-0.2, -0.15) is 0 Å². The average Bonchev–Trinajstić information content (AvgIpc) is 2.84. The molecule has 1 aliphatic heterocycles. The summed E-state index contributed by atoms with van der Waals surface area (Å²) in [5, 5.41) is 43.3. The van der Waals surface area contributed by atoms with Crippen molar-refractivity contribution in [1.82, 2.24) is 0 Å². The van der Waals surface area contributed by atoms with Crippen LogP contribution in [-0.2, 0) is 15.9 Å². The number of rotatable bonds is 3. The van der Waals surface area contributed by atoms with Crippen LogP contribution in [0.1, 0.15) is 62.4 Å². The second kappa shape index (κ2) is 8.58. The first-order valence-corrected chi connectivity index (χ1v) is 11.4. The molecular formula is C25H27NO9. The summed E-state index contributed by atoms with van der Waals surface area (Å²) in [6, 6.07) is 3.74. The van der Waals surface area contributed by atoms with Crippen LogP contribution in [0.15, 0.2) is 18.2 Å². The molecule has 1 heterocycles. The Morgan fingerprint density at radius 2 is 1.77 bits per heavy atom. The van der Waals surface area contributed by atoms with Gasteiger partial charge in [-0.1, -0.05) is 12.1 Å². The van der Waals surface area contributed by atoms with Crippen LogP contribution >= 0.6 is 0 Å². The first-order valence-electron chi connectivity index (χ1n) is 11.4. The molecular weight excluding hydrogens is 458 g/mol. The van der Waals surface area contributed by atoms with Crippen LogP contribution in [0.5, 0.6) is 17.2 Å². The van der Waals surface area contributed by atoms with Gasteiger partial charge < -0.3 is 40.4 Å². The Labute approximate surface area is 200 Å². The van der Waals surface area contributed by atoms with E-state index in [9.17, 15) is 30.0 Å². The third-order valence-corrected chi connectivity index (χ3v) is 7.18. The van der Waals surface area contributed by atoms with Gasteiger partial charge in [0.25, 0.3) is 0 Å². The molecule has 0 bridgehead atoms. The van der Waals surface area contributed by atoms with Crippen molar-refractivity contribution in [2.45, 2.75) is 56.3 Å². The summed E-state index contributed by atoms with van der Waals surface area (Å²) >= 11 is 0. The van der Waals surface area contributed by atoms with Crippen molar-refractivity contribution in [3.05, 3.63) is 51.6 Å². The summed E-state index contributed by atoms with van der Waals surface area (Å²) in [4.78, 5) is 26.9. The Kier molecular flexibility index (Phi) is 5.81. The summed E-state index contributed by atoms with van der Waals surface area (Å²) in [6.07, 6.45) is -4.21. The van der Waals surface area contributed by atoms with Crippen LogP contribution in [0.4, 0.5) is 0 Å². The molecule has 6 atom stereocenters. The molecule has 35 heavy (non-hydrogen) atoms. The largest absolute Gasteiger partial charge is 0.507 e. The molecule has 186 valence electrons. The molecule has 5 rings (SSSR count). The predicted molar refractivity (Wildman–Crippen MR) is 121 cm³/mol. The Morgan fingerprint density at radius 3 is 2.49 bits per heavy atom. The second-order valence-corrected chi connectivity index (χ2v) is 9.24. The molecule has 6 N–H and O–H groups in total. The van der Waals surface area contributed by atoms with Crippen LogP contribution in [0.3, 0.4) is 0 Å². The lowest BCUT2D eigenvalue weighted by atomic mass is 9.76. The van der Waals surface area contributed by atoms with E-state index >= 15 is 0 Å². The Morgan fingerprint density at radius 1 is 1.06 bits per heavy atom. The zero-order valence-corrected chi connectivity index (χ0v) is 19.2. The number of aliphatic hydroxyl groups is 2. The summed E-state index contributed by atoms with van der Waals surface area (Å²) < 4.78 is 16.9. The highest BCUT2D eigenvalue weighted by Crippen LogP contribution is 2.50. The van der Waals surface area contributed by atoms with Crippen molar-refractivity contribution in [2.75, 3.05) is 13.7 Å². The lowest BCUT2D eigenvalue weighted by molar-refractivity contribution is -0.167. The highest BCUT2D eigenvalue weighted by molar-refractivity contribution is 6.31. The van der Waals surface area contributed by atoms with Crippen LogP contribution < -0.4 is 10.5 Å². The Hall–Kier alpha value is -3.02. The summed E-state index contributed by atoms with van der Waals surface area (Å²) in [5.41, 5.74) is 5.76. The van der Waals surface area contributed by atoms with Gasteiger partial charge in [0.15, 0.2) is 5.78 Å². The number of ether oxygens (including phenoxy) is 3. The number of carbonyl (C=O) groups excluding carboxylic acids is 2. The summed E-state index contributed by atoms with van der Waals surface area (Å²) in [7, 11) is 1.36. The molecule has 3 aliphatic rings. The number of phenolic OH excluding ortho intramolecular Hbond substituents is 2. The molecule has 0 spiro atoms. The molecule has 1 fully saturated rings. The Bertz CT molecular complexity index is 1230. The van der Waals surface area contributed by atoms with Crippen molar-refractivity contribution in [3.8, 4) is 17.2 Å². The first kappa shape index (κ1) is 23.7. The van der Waals surface area contributed by atoms with Crippen LogP contribution in [0.25, 0.3) is 0 Å². The Balaban J connectivity index is 1.64. The van der Waals surface area contributed by atoms with Gasteiger partial charge in [-0.05, 0) is 13.0 Å². The number of hydrogen-bond donors (Lipinski definition) is 5. The number of fused-ring (bicyclic) bond motifs is 3. The average molecular weight is 485 g/mol. The van der Waals surface area contributed by atoms with E-state index in [1.807, 2.05) is 0 Å². The number of phenols is 2. The van der Waals surface area contributed by atoms with Gasteiger partial charge in [0.05, 0.1) is 67.0 Å². The molecule has 1 saturated heterocycles. The standard InChI is InChI=1S/C25H27NO9/c1-9-21(28)20(26)15(8-34-9)35-14-7-10(27)6-12-17(14)25(32)19-18(23(12)30)22(29)11-4-3-5-13(33-2)16(11)24(19)31/h3-5,9-10,14-15,20-21,27-28,30,32H,6-8,26H2,1-2H3/t9-,10-,14-,15+,20-,21+/m0/s1. The van der Waals surface area contributed by atoms with E-state index in [1.165, 1.54) is 19.2 Å². The van der Waals surface area contributed by atoms with E-state index in [-0.39, 0.29) is 58.6 Å². The van der Waals surface area contributed by atoms with E-state index < -0.39 is 59.6 Å². The molecule has 0 saturated carbocycles. The van der Waals surface area contributed by atoms with Crippen LogP contribution in [-0.4, -0.2) is 76.2 Å². The number of methoxy groups -OCH3 is 1. The minimum Gasteiger partial charge on any atom is -0.507 e. The minimum absolute atomic E-state index is 0.00437. The fourth-order valence-electron chi connectivity index (χ4n) is 5.31. The molecule has 0 unspecified atom stereocenters. The van der Waals surface area contributed by atoms with E-state index in [1.54, 1.807) is 13.0 Å². The van der Waals surface area contributed by atoms with Crippen molar-refractivity contribution >= 4 is 11.6 Å². The molecule has 2 aromatic carbocycles. The van der Waals surface area contributed by atoms with Crippen molar-refractivity contribution in [1.29, 1.82) is 0 Å². The van der Waals surface area contributed by atoms with Crippen molar-refractivity contribution < 1.29 is 44.2 Å². The topological polar surface area (TPSA) is 169 Å². The van der Waals surface area contributed by atoms with Crippen LogP contribution in [0.2, 0.25) is 0 Å². The van der Waals surface area contributed by atoms with Gasteiger partial charge in [-0.15, -0.1) is 0 Å². The van der Waals surface area contributed by atoms with Gasteiger partial charge in [0.2, 0.25) is 5.78 Å². The van der Waals surface area contributed by atoms with Gasteiger partial charge in [0.1, 0.15) is 17.2 Å². The van der Waals surface area contributed by atoms with Crippen molar-refractivity contribution in [3.63, 3.8) is 0 Å². The fourth-order valence-corrected chi connectivity index (χ4v) is 5.31. The maximum Gasteiger partial charge on any atom is 0.202 e. The first-order chi connectivity index (χ1) is 16.6.